The molecule has 1 fully saturated rings. The molecule has 0 amide bonds. The van der Waals surface area contributed by atoms with Gasteiger partial charge in [-0.2, -0.15) is 8.42 Å². The number of nitrogens with one attached hydrogen (secondary N) is 1. The van der Waals surface area contributed by atoms with Gasteiger partial charge in [0.1, 0.15) is 5.52 Å². The first-order valence-corrected chi connectivity index (χ1v) is 8.00. The highest BCUT2D eigenvalue weighted by molar-refractivity contribution is 7.88. The molecule has 19 heavy (non-hydrogen) atoms. The highest BCUT2D eigenvalue weighted by atomic mass is 32.3. The fraction of sp³-hybridized carbons (Fsp3) is 0.400. The largest absolute Gasteiger partial charge is 0.352 e. The Morgan fingerprint density at radius 1 is 1.37 bits per heavy atom. The summed E-state index contributed by atoms with van der Waals surface area (Å²) in [6.45, 7) is 3.30. The summed E-state index contributed by atoms with van der Waals surface area (Å²) in [6.07, 6.45) is 1.63. The topological polar surface area (TPSA) is 95.4 Å². The van der Waals surface area contributed by atoms with Crippen LogP contribution >= 0.6 is 11.3 Å². The van der Waals surface area contributed by atoms with Crippen molar-refractivity contribution in [3.8, 4) is 0 Å². The van der Waals surface area contributed by atoms with E-state index in [2.05, 4.69) is 20.2 Å². The van der Waals surface area contributed by atoms with E-state index in [-0.39, 0.29) is 4.34 Å². The maximum absolute atomic E-state index is 11.1. The number of pyridine rings is 1. The lowest BCUT2D eigenvalue weighted by atomic mass is 10.3. The SMILES string of the molecule is O=S(=O)(O)c1nc2c(N3CCNCC3)nccc2s1. The van der Waals surface area contributed by atoms with Crippen molar-refractivity contribution in [3.05, 3.63) is 12.3 Å². The van der Waals surface area contributed by atoms with E-state index in [4.69, 9.17) is 4.55 Å². The molecule has 0 bridgehead atoms. The van der Waals surface area contributed by atoms with Crippen molar-refractivity contribution in [3.63, 3.8) is 0 Å². The summed E-state index contributed by atoms with van der Waals surface area (Å²) in [5.41, 5.74) is 0.530. The van der Waals surface area contributed by atoms with Crippen molar-refractivity contribution >= 4 is 37.5 Å². The summed E-state index contributed by atoms with van der Waals surface area (Å²) in [6, 6.07) is 1.70. The van der Waals surface area contributed by atoms with Crippen molar-refractivity contribution in [1.82, 2.24) is 15.3 Å². The molecule has 0 saturated carbocycles. The number of anilines is 1. The lowest BCUT2D eigenvalue weighted by molar-refractivity contribution is 0.482. The summed E-state index contributed by atoms with van der Waals surface area (Å²) in [4.78, 5) is 10.4. The van der Waals surface area contributed by atoms with Crippen molar-refractivity contribution in [2.24, 2.45) is 0 Å². The summed E-state index contributed by atoms with van der Waals surface area (Å²) >= 11 is 0.951. The average molecular weight is 300 g/mol. The van der Waals surface area contributed by atoms with Crippen molar-refractivity contribution in [2.45, 2.75) is 4.34 Å². The first-order chi connectivity index (χ1) is 9.05. The summed E-state index contributed by atoms with van der Waals surface area (Å²) in [5.74, 6) is 0.671. The number of hydrogen-bond donors (Lipinski definition) is 2. The number of fused-ring (bicyclic) bond motifs is 1. The van der Waals surface area contributed by atoms with Crippen LogP contribution in [0.25, 0.3) is 10.2 Å². The van der Waals surface area contributed by atoms with E-state index in [1.54, 1.807) is 12.3 Å². The van der Waals surface area contributed by atoms with Crippen LogP contribution in [0.15, 0.2) is 16.6 Å². The molecular weight excluding hydrogens is 288 g/mol. The highest BCUT2D eigenvalue weighted by Gasteiger charge is 2.21. The molecule has 1 saturated heterocycles. The molecule has 0 aliphatic carbocycles. The lowest BCUT2D eigenvalue weighted by Gasteiger charge is -2.28. The van der Waals surface area contributed by atoms with Crippen LogP contribution in [0.5, 0.6) is 0 Å². The third kappa shape index (κ3) is 2.41. The Morgan fingerprint density at radius 3 is 2.79 bits per heavy atom. The minimum Gasteiger partial charge on any atom is -0.352 e. The van der Waals surface area contributed by atoms with Gasteiger partial charge in [-0.3, -0.25) is 4.55 Å². The van der Waals surface area contributed by atoms with Gasteiger partial charge in [-0.25, -0.2) is 9.97 Å². The van der Waals surface area contributed by atoms with Gasteiger partial charge in [0, 0.05) is 32.4 Å². The van der Waals surface area contributed by atoms with Crippen LogP contribution in [0.1, 0.15) is 0 Å². The molecule has 7 nitrogen and oxygen atoms in total. The fourth-order valence-corrected chi connectivity index (χ4v) is 3.62. The Balaban J connectivity index is 2.12. The average Bonchev–Trinajstić information content (AvgIpc) is 2.83. The first-order valence-electron chi connectivity index (χ1n) is 5.74. The van der Waals surface area contributed by atoms with Gasteiger partial charge in [0.2, 0.25) is 4.34 Å². The van der Waals surface area contributed by atoms with Crippen LogP contribution < -0.4 is 10.2 Å². The van der Waals surface area contributed by atoms with Crippen molar-refractivity contribution in [1.29, 1.82) is 0 Å². The molecule has 0 atom stereocenters. The Bertz CT molecular complexity index is 707. The van der Waals surface area contributed by atoms with Gasteiger partial charge in [-0.1, -0.05) is 0 Å². The Hall–Kier alpha value is -1.29. The van der Waals surface area contributed by atoms with E-state index in [9.17, 15) is 8.42 Å². The van der Waals surface area contributed by atoms with Gasteiger partial charge in [-0.15, -0.1) is 11.3 Å². The molecule has 2 aromatic heterocycles. The van der Waals surface area contributed by atoms with E-state index in [0.717, 1.165) is 37.5 Å². The van der Waals surface area contributed by atoms with E-state index < -0.39 is 10.1 Å². The molecule has 0 spiro atoms. The number of aromatic nitrogens is 2. The van der Waals surface area contributed by atoms with Crippen LogP contribution in [0, 0.1) is 0 Å². The molecule has 2 N–H and O–H groups in total. The summed E-state index contributed by atoms with van der Waals surface area (Å²) < 4.78 is 31.8. The van der Waals surface area contributed by atoms with E-state index in [1.165, 1.54) is 0 Å². The maximum Gasteiger partial charge on any atom is 0.322 e. The predicted octanol–water partition coefficient (Wildman–Crippen LogP) is 0.348. The normalized spacial score (nSPS) is 17.0. The molecule has 9 heteroatoms. The monoisotopic (exact) mass is 300 g/mol. The molecule has 2 aromatic rings. The van der Waals surface area contributed by atoms with E-state index in [1.807, 2.05) is 0 Å². The van der Waals surface area contributed by atoms with Crippen LogP contribution in [0.2, 0.25) is 0 Å². The highest BCUT2D eigenvalue weighted by Crippen LogP contribution is 2.30. The minimum atomic E-state index is -4.26. The number of hydrogen-bond acceptors (Lipinski definition) is 7. The van der Waals surface area contributed by atoms with Gasteiger partial charge in [-0.05, 0) is 6.07 Å². The van der Waals surface area contributed by atoms with Crippen LogP contribution in [-0.2, 0) is 10.1 Å². The Morgan fingerprint density at radius 2 is 2.11 bits per heavy atom. The van der Waals surface area contributed by atoms with Crippen LogP contribution in [-0.4, -0.2) is 49.1 Å². The van der Waals surface area contributed by atoms with Gasteiger partial charge >= 0.3 is 10.1 Å². The van der Waals surface area contributed by atoms with Crippen LogP contribution in [0.3, 0.4) is 0 Å². The smallest absolute Gasteiger partial charge is 0.322 e. The van der Waals surface area contributed by atoms with Gasteiger partial charge in [0.15, 0.2) is 5.82 Å². The maximum atomic E-state index is 11.1. The molecular formula is C10H12N4O3S2. The third-order valence-corrected chi connectivity index (χ3v) is 5.14. The van der Waals surface area contributed by atoms with E-state index in [0.29, 0.717) is 16.0 Å². The lowest BCUT2D eigenvalue weighted by Crippen LogP contribution is -2.44. The van der Waals surface area contributed by atoms with E-state index >= 15 is 0 Å². The second kappa shape index (κ2) is 4.67. The molecule has 3 rings (SSSR count). The summed E-state index contributed by atoms with van der Waals surface area (Å²) in [7, 11) is -4.26. The summed E-state index contributed by atoms with van der Waals surface area (Å²) in [5, 5.41) is 3.24. The molecule has 0 aromatic carbocycles. The first kappa shape index (κ1) is 12.7. The number of piperazine rings is 1. The van der Waals surface area contributed by atoms with Gasteiger partial charge in [0.25, 0.3) is 0 Å². The zero-order chi connectivity index (χ0) is 13.5. The molecule has 1 aliphatic rings. The van der Waals surface area contributed by atoms with Crippen molar-refractivity contribution < 1.29 is 13.0 Å². The standard InChI is InChI=1S/C10H12N4O3S2/c15-19(16,17)10-13-8-7(18-10)1-2-12-9(8)14-5-3-11-4-6-14/h1-2,11H,3-6H2,(H,15,16,17). The zero-order valence-electron chi connectivity index (χ0n) is 9.90. The Kier molecular flexibility index (Phi) is 3.13. The quantitative estimate of drug-likeness (QED) is 0.772. The number of thiazole rings is 1. The van der Waals surface area contributed by atoms with Gasteiger partial charge in [0.05, 0.1) is 4.70 Å². The zero-order valence-corrected chi connectivity index (χ0v) is 11.5. The fourth-order valence-electron chi connectivity index (χ4n) is 2.04. The molecule has 0 unspecified atom stereocenters. The van der Waals surface area contributed by atoms with Gasteiger partial charge < -0.3 is 10.2 Å². The predicted molar refractivity (Wildman–Crippen MR) is 72.3 cm³/mol. The Labute approximate surface area is 114 Å². The second-order valence-corrected chi connectivity index (χ2v) is 6.80. The minimum absolute atomic E-state index is 0.285. The van der Waals surface area contributed by atoms with Crippen molar-refractivity contribution in [2.75, 3.05) is 31.1 Å². The second-order valence-electron chi connectivity index (χ2n) is 4.17. The molecule has 3 heterocycles. The third-order valence-electron chi connectivity index (χ3n) is 2.91. The number of nitrogens with zero attached hydrogens (tertiary/aromatic N) is 3. The molecule has 102 valence electrons. The molecule has 1 aliphatic heterocycles. The number of rotatable bonds is 2. The molecule has 0 radical (unpaired) electrons. The van der Waals surface area contributed by atoms with Crippen LogP contribution in [0.4, 0.5) is 5.82 Å².